The van der Waals surface area contributed by atoms with Crippen molar-refractivity contribution in [2.45, 2.75) is 44.4 Å². The highest BCUT2D eigenvalue weighted by Crippen LogP contribution is 2.31. The number of hydrogen-bond acceptors (Lipinski definition) is 3. The van der Waals surface area contributed by atoms with E-state index in [0.717, 1.165) is 17.9 Å². The van der Waals surface area contributed by atoms with E-state index in [2.05, 4.69) is 16.6 Å². The molecule has 0 spiro atoms. The molecular formula is C13H21N5. The van der Waals surface area contributed by atoms with Gasteiger partial charge in [-0.2, -0.15) is 5.10 Å². The monoisotopic (exact) mass is 247 g/mol. The zero-order valence-corrected chi connectivity index (χ0v) is 11.0. The summed E-state index contributed by atoms with van der Waals surface area (Å²) in [4.78, 5) is 4.60. The largest absolute Gasteiger partial charge is 0.330 e. The van der Waals surface area contributed by atoms with Crippen LogP contribution in [0.15, 0.2) is 6.20 Å². The Morgan fingerprint density at radius 2 is 2.11 bits per heavy atom. The third-order valence-corrected chi connectivity index (χ3v) is 3.94. The minimum Gasteiger partial charge on any atom is -0.330 e. The van der Waals surface area contributed by atoms with Gasteiger partial charge < -0.3 is 5.73 Å². The molecule has 0 amide bonds. The van der Waals surface area contributed by atoms with Crippen molar-refractivity contribution in [1.29, 1.82) is 0 Å². The summed E-state index contributed by atoms with van der Waals surface area (Å²) in [6.07, 6.45) is 9.40. The summed E-state index contributed by atoms with van der Waals surface area (Å²) in [5.41, 5.74) is 6.59. The second kappa shape index (κ2) is 4.72. The maximum atomic E-state index is 5.56. The van der Waals surface area contributed by atoms with E-state index in [4.69, 9.17) is 10.8 Å². The Morgan fingerprint density at radius 1 is 1.33 bits per heavy atom. The van der Waals surface area contributed by atoms with E-state index in [1.165, 1.54) is 37.9 Å². The molecule has 1 fully saturated rings. The Balaban J connectivity index is 1.93. The first-order chi connectivity index (χ1) is 8.79. The van der Waals surface area contributed by atoms with Crippen molar-refractivity contribution in [3.63, 3.8) is 0 Å². The number of aryl methyl sites for hydroxylation is 1. The van der Waals surface area contributed by atoms with Gasteiger partial charge in [0.15, 0.2) is 0 Å². The first-order valence-corrected chi connectivity index (χ1v) is 6.90. The van der Waals surface area contributed by atoms with E-state index < -0.39 is 0 Å². The molecule has 2 aromatic heterocycles. The molecule has 1 saturated carbocycles. The molecule has 1 aliphatic rings. The van der Waals surface area contributed by atoms with Crippen LogP contribution in [-0.4, -0.2) is 25.7 Å². The van der Waals surface area contributed by atoms with Gasteiger partial charge in [-0.15, -0.1) is 0 Å². The number of nitrogens with zero attached hydrogens (tertiary/aromatic N) is 4. The predicted octanol–water partition coefficient (Wildman–Crippen LogP) is 1.62. The van der Waals surface area contributed by atoms with Crippen LogP contribution in [0.2, 0.25) is 0 Å². The molecule has 0 saturated heterocycles. The highest BCUT2D eigenvalue weighted by atomic mass is 15.4. The van der Waals surface area contributed by atoms with Crippen molar-refractivity contribution in [2.24, 2.45) is 12.8 Å². The van der Waals surface area contributed by atoms with E-state index in [0.29, 0.717) is 12.5 Å². The lowest BCUT2D eigenvalue weighted by Crippen LogP contribution is -2.10. The maximum absolute atomic E-state index is 5.56. The van der Waals surface area contributed by atoms with Crippen molar-refractivity contribution in [2.75, 3.05) is 6.54 Å². The van der Waals surface area contributed by atoms with Gasteiger partial charge in [0.05, 0.1) is 11.9 Å². The molecule has 18 heavy (non-hydrogen) atoms. The Morgan fingerprint density at radius 3 is 2.78 bits per heavy atom. The summed E-state index contributed by atoms with van der Waals surface area (Å²) in [6, 6.07) is 0. The molecule has 0 radical (unpaired) electrons. The first-order valence-electron chi connectivity index (χ1n) is 6.90. The molecule has 0 atom stereocenters. The maximum Gasteiger partial charge on any atom is 0.232 e. The third-order valence-electron chi connectivity index (χ3n) is 3.94. The van der Waals surface area contributed by atoms with Crippen LogP contribution in [0.5, 0.6) is 0 Å². The van der Waals surface area contributed by atoms with Gasteiger partial charge in [-0.25, -0.2) is 9.50 Å². The molecule has 0 aliphatic heterocycles. The standard InChI is InChI=1S/C13H21N5/c1-17-12(10-5-3-2-4-6-10)16-18-9-11(7-8-14)15-13(17)18/h9-10H,2-8,14H2,1H3. The number of fused-ring (bicyclic) bond motifs is 1. The fourth-order valence-electron chi connectivity index (χ4n) is 2.97. The second-order valence-electron chi connectivity index (χ2n) is 5.27. The molecule has 0 aromatic carbocycles. The van der Waals surface area contributed by atoms with Crippen LogP contribution in [0.1, 0.15) is 49.5 Å². The lowest BCUT2D eigenvalue weighted by molar-refractivity contribution is 0.420. The molecule has 0 bridgehead atoms. The van der Waals surface area contributed by atoms with Crippen LogP contribution in [0.25, 0.3) is 5.78 Å². The summed E-state index contributed by atoms with van der Waals surface area (Å²) in [6.45, 7) is 0.638. The van der Waals surface area contributed by atoms with E-state index in [9.17, 15) is 0 Å². The van der Waals surface area contributed by atoms with Crippen molar-refractivity contribution < 1.29 is 0 Å². The molecule has 0 unspecified atom stereocenters. The van der Waals surface area contributed by atoms with Gasteiger partial charge in [0.25, 0.3) is 0 Å². The summed E-state index contributed by atoms with van der Waals surface area (Å²) in [7, 11) is 2.07. The minimum absolute atomic E-state index is 0.614. The highest BCUT2D eigenvalue weighted by Gasteiger charge is 2.22. The van der Waals surface area contributed by atoms with Crippen LogP contribution in [0, 0.1) is 0 Å². The van der Waals surface area contributed by atoms with Gasteiger partial charge in [-0.1, -0.05) is 19.3 Å². The zero-order chi connectivity index (χ0) is 12.5. The molecule has 2 N–H and O–H groups in total. The van der Waals surface area contributed by atoms with E-state index in [1.807, 2.05) is 10.7 Å². The van der Waals surface area contributed by atoms with Crippen LogP contribution in [0.3, 0.4) is 0 Å². The smallest absolute Gasteiger partial charge is 0.232 e. The van der Waals surface area contributed by atoms with E-state index in [-0.39, 0.29) is 0 Å². The number of imidazole rings is 1. The van der Waals surface area contributed by atoms with Gasteiger partial charge in [0.2, 0.25) is 5.78 Å². The van der Waals surface area contributed by atoms with Crippen LogP contribution in [0.4, 0.5) is 0 Å². The average molecular weight is 247 g/mol. The van der Waals surface area contributed by atoms with Gasteiger partial charge >= 0.3 is 0 Å². The average Bonchev–Trinajstić information content (AvgIpc) is 2.91. The normalized spacial score (nSPS) is 17.7. The molecular weight excluding hydrogens is 226 g/mol. The molecule has 2 aromatic rings. The third kappa shape index (κ3) is 1.92. The summed E-state index contributed by atoms with van der Waals surface area (Å²) < 4.78 is 4.06. The van der Waals surface area contributed by atoms with Crippen molar-refractivity contribution in [3.8, 4) is 0 Å². The minimum atomic E-state index is 0.614. The van der Waals surface area contributed by atoms with Gasteiger partial charge in [0, 0.05) is 19.4 Å². The van der Waals surface area contributed by atoms with Gasteiger partial charge in [-0.3, -0.25) is 4.57 Å². The quantitative estimate of drug-likeness (QED) is 0.896. The Kier molecular flexibility index (Phi) is 3.07. The van der Waals surface area contributed by atoms with Gasteiger partial charge in [0.1, 0.15) is 5.82 Å². The van der Waals surface area contributed by atoms with Gasteiger partial charge in [-0.05, 0) is 19.4 Å². The number of rotatable bonds is 3. The lowest BCUT2D eigenvalue weighted by Gasteiger charge is -2.20. The molecule has 2 heterocycles. The second-order valence-corrected chi connectivity index (χ2v) is 5.27. The van der Waals surface area contributed by atoms with Crippen LogP contribution in [-0.2, 0) is 13.5 Å². The zero-order valence-electron chi connectivity index (χ0n) is 11.0. The fourth-order valence-corrected chi connectivity index (χ4v) is 2.97. The Bertz CT molecular complexity index is 533. The van der Waals surface area contributed by atoms with Crippen LogP contribution < -0.4 is 5.73 Å². The molecule has 98 valence electrons. The molecule has 5 nitrogen and oxygen atoms in total. The number of aromatic nitrogens is 4. The van der Waals surface area contributed by atoms with E-state index in [1.54, 1.807) is 0 Å². The lowest BCUT2D eigenvalue weighted by atomic mass is 9.89. The Labute approximate surface area is 107 Å². The van der Waals surface area contributed by atoms with Crippen molar-refractivity contribution in [1.82, 2.24) is 19.2 Å². The van der Waals surface area contributed by atoms with Crippen molar-refractivity contribution in [3.05, 3.63) is 17.7 Å². The summed E-state index contributed by atoms with van der Waals surface area (Å²) >= 11 is 0. The predicted molar refractivity (Wildman–Crippen MR) is 70.5 cm³/mol. The molecule has 3 rings (SSSR count). The molecule has 1 aliphatic carbocycles. The van der Waals surface area contributed by atoms with Crippen molar-refractivity contribution >= 4 is 5.78 Å². The first kappa shape index (κ1) is 11.7. The topological polar surface area (TPSA) is 61.1 Å². The summed E-state index contributed by atoms with van der Waals surface area (Å²) in [5, 5.41) is 4.72. The molecule has 5 heteroatoms. The summed E-state index contributed by atoms with van der Waals surface area (Å²) in [5.74, 6) is 2.75. The Hall–Kier alpha value is -1.36. The van der Waals surface area contributed by atoms with E-state index >= 15 is 0 Å². The van der Waals surface area contributed by atoms with Crippen LogP contribution >= 0.6 is 0 Å². The fraction of sp³-hybridized carbons (Fsp3) is 0.692. The SMILES string of the molecule is Cn1c(C2CCCCC2)nn2cc(CCN)nc12. The number of hydrogen-bond donors (Lipinski definition) is 1. The number of nitrogens with two attached hydrogens (primary N) is 1. The highest BCUT2D eigenvalue weighted by molar-refractivity contribution is 5.32.